The van der Waals surface area contributed by atoms with Crippen molar-refractivity contribution in [2.24, 2.45) is 0 Å². The van der Waals surface area contributed by atoms with Crippen LogP contribution in [-0.4, -0.2) is 27.3 Å². The predicted molar refractivity (Wildman–Crippen MR) is 126 cm³/mol. The van der Waals surface area contributed by atoms with Crippen LogP contribution in [0.4, 0.5) is 11.6 Å². The Morgan fingerprint density at radius 3 is 2.81 bits per heavy atom. The molecular weight excluding hydrogens is 402 g/mol. The van der Waals surface area contributed by atoms with E-state index in [1.165, 1.54) is 6.33 Å². The zero-order chi connectivity index (χ0) is 22.7. The lowest BCUT2D eigenvalue weighted by molar-refractivity contribution is -0.113. The number of carbonyl (C=O) groups excluding carboxylic acids is 1. The van der Waals surface area contributed by atoms with E-state index < -0.39 is 6.04 Å². The van der Waals surface area contributed by atoms with Gasteiger partial charge < -0.3 is 15.4 Å². The summed E-state index contributed by atoms with van der Waals surface area (Å²) in [6.45, 7) is 8.73. The van der Waals surface area contributed by atoms with E-state index >= 15 is 0 Å². The molecule has 4 rings (SSSR count). The minimum absolute atomic E-state index is 0.174. The van der Waals surface area contributed by atoms with Crippen molar-refractivity contribution in [3.05, 3.63) is 76.8 Å². The highest BCUT2D eigenvalue weighted by Crippen LogP contribution is 2.36. The predicted octanol–water partition coefficient (Wildman–Crippen LogP) is 5.00. The number of allylic oxidation sites excluding steroid dienone is 1. The molecule has 0 saturated carbocycles. The first kappa shape index (κ1) is 21.6. The van der Waals surface area contributed by atoms with E-state index in [0.717, 1.165) is 46.7 Å². The number of nitrogens with one attached hydrogen (secondary N) is 2. The van der Waals surface area contributed by atoms with Crippen LogP contribution < -0.4 is 15.4 Å². The molecule has 0 radical (unpaired) electrons. The molecule has 3 aromatic rings. The van der Waals surface area contributed by atoms with Gasteiger partial charge in [0.2, 0.25) is 5.95 Å². The van der Waals surface area contributed by atoms with E-state index in [1.54, 1.807) is 4.68 Å². The number of nitrogens with zero attached hydrogens (tertiary/aromatic N) is 3. The monoisotopic (exact) mass is 431 g/mol. The molecule has 0 spiro atoms. The van der Waals surface area contributed by atoms with Gasteiger partial charge in [-0.15, -0.1) is 0 Å². The van der Waals surface area contributed by atoms with Gasteiger partial charge >= 0.3 is 0 Å². The lowest BCUT2D eigenvalue weighted by Crippen LogP contribution is -2.31. The molecule has 2 N–H and O–H groups in total. The van der Waals surface area contributed by atoms with Crippen molar-refractivity contribution >= 4 is 17.5 Å². The third-order valence-corrected chi connectivity index (χ3v) is 5.83. The SMILES string of the molecule is CCCCOc1cccc(C2C(C(=O)Nc3cccc(C)c3C)=C(C)Nc3ncnn32)c1. The van der Waals surface area contributed by atoms with E-state index in [4.69, 9.17) is 4.74 Å². The molecule has 7 nitrogen and oxygen atoms in total. The molecule has 2 heterocycles. The van der Waals surface area contributed by atoms with Crippen LogP contribution >= 0.6 is 0 Å². The van der Waals surface area contributed by atoms with Crippen LogP contribution in [0.5, 0.6) is 5.75 Å². The van der Waals surface area contributed by atoms with E-state index in [1.807, 2.05) is 63.2 Å². The summed E-state index contributed by atoms with van der Waals surface area (Å²) in [6, 6.07) is 13.3. The molecule has 32 heavy (non-hydrogen) atoms. The number of hydrogen-bond donors (Lipinski definition) is 2. The van der Waals surface area contributed by atoms with Crippen LogP contribution in [0.1, 0.15) is 49.4 Å². The fourth-order valence-corrected chi connectivity index (χ4v) is 3.88. The van der Waals surface area contributed by atoms with E-state index in [2.05, 4.69) is 27.6 Å². The van der Waals surface area contributed by atoms with Gasteiger partial charge in [0.25, 0.3) is 5.91 Å². The molecule has 0 fully saturated rings. The Morgan fingerprint density at radius 1 is 1.19 bits per heavy atom. The summed E-state index contributed by atoms with van der Waals surface area (Å²) < 4.78 is 7.66. The molecule has 1 aromatic heterocycles. The van der Waals surface area contributed by atoms with Gasteiger partial charge in [0.1, 0.15) is 18.1 Å². The number of hydrogen-bond acceptors (Lipinski definition) is 5. The summed E-state index contributed by atoms with van der Waals surface area (Å²) in [5, 5.41) is 10.7. The fraction of sp³-hybridized carbons (Fsp3) is 0.320. The molecule has 2 aromatic carbocycles. The third kappa shape index (κ3) is 4.23. The molecule has 1 aliphatic heterocycles. The molecule has 1 atom stereocenters. The summed E-state index contributed by atoms with van der Waals surface area (Å²) >= 11 is 0. The van der Waals surface area contributed by atoms with Gasteiger partial charge in [-0.25, -0.2) is 4.68 Å². The quantitative estimate of drug-likeness (QED) is 0.515. The number of rotatable bonds is 7. The van der Waals surface area contributed by atoms with Crippen molar-refractivity contribution in [1.29, 1.82) is 0 Å². The van der Waals surface area contributed by atoms with Gasteiger partial charge in [-0.05, 0) is 62.1 Å². The van der Waals surface area contributed by atoms with E-state index in [9.17, 15) is 4.79 Å². The zero-order valence-corrected chi connectivity index (χ0v) is 19.0. The highest BCUT2D eigenvalue weighted by Gasteiger charge is 2.33. The van der Waals surface area contributed by atoms with Crippen molar-refractivity contribution in [2.75, 3.05) is 17.2 Å². The maximum absolute atomic E-state index is 13.6. The second kappa shape index (κ2) is 9.26. The Bertz CT molecular complexity index is 1160. The highest BCUT2D eigenvalue weighted by molar-refractivity contribution is 6.06. The minimum Gasteiger partial charge on any atom is -0.494 e. The number of unbranched alkanes of at least 4 members (excludes halogenated alkanes) is 1. The van der Waals surface area contributed by atoms with Crippen LogP contribution in [0.3, 0.4) is 0 Å². The standard InChI is InChI=1S/C25H29N5O2/c1-5-6-13-32-20-11-8-10-19(14-20)23-22(18(4)28-25-26-15-27-30(23)25)24(31)29-21-12-7-9-16(2)17(21)3/h7-12,14-15,23H,5-6,13H2,1-4H3,(H,29,31)(H,26,27,28). The Morgan fingerprint density at radius 2 is 2.00 bits per heavy atom. The van der Waals surface area contributed by atoms with Gasteiger partial charge in [-0.3, -0.25) is 4.79 Å². The number of ether oxygens (including phenoxy) is 1. The highest BCUT2D eigenvalue weighted by atomic mass is 16.5. The first-order valence-electron chi connectivity index (χ1n) is 11.0. The van der Waals surface area contributed by atoms with Crippen LogP contribution in [0, 0.1) is 13.8 Å². The molecule has 1 aliphatic rings. The maximum Gasteiger partial charge on any atom is 0.255 e. The number of aryl methyl sites for hydroxylation is 1. The molecular formula is C25H29N5O2. The van der Waals surface area contributed by atoms with Crippen molar-refractivity contribution < 1.29 is 9.53 Å². The topological polar surface area (TPSA) is 81.1 Å². The Labute approximate surface area is 188 Å². The number of amides is 1. The fourth-order valence-electron chi connectivity index (χ4n) is 3.88. The largest absolute Gasteiger partial charge is 0.494 e. The number of benzene rings is 2. The minimum atomic E-state index is -0.423. The van der Waals surface area contributed by atoms with Crippen LogP contribution in [0.25, 0.3) is 0 Å². The summed E-state index contributed by atoms with van der Waals surface area (Å²) in [5.74, 6) is 1.21. The second-order valence-electron chi connectivity index (χ2n) is 8.07. The molecule has 0 bridgehead atoms. The van der Waals surface area contributed by atoms with Crippen molar-refractivity contribution in [1.82, 2.24) is 14.8 Å². The van der Waals surface area contributed by atoms with Crippen molar-refractivity contribution in [3.8, 4) is 5.75 Å². The number of anilines is 2. The zero-order valence-electron chi connectivity index (χ0n) is 19.0. The van der Waals surface area contributed by atoms with Crippen LogP contribution in [0.2, 0.25) is 0 Å². The summed E-state index contributed by atoms with van der Waals surface area (Å²) in [7, 11) is 0. The Balaban J connectivity index is 1.71. The number of fused-ring (bicyclic) bond motifs is 1. The molecule has 0 aliphatic carbocycles. The second-order valence-corrected chi connectivity index (χ2v) is 8.07. The van der Waals surface area contributed by atoms with Crippen molar-refractivity contribution in [3.63, 3.8) is 0 Å². The molecule has 7 heteroatoms. The molecule has 166 valence electrons. The van der Waals surface area contributed by atoms with Gasteiger partial charge in [0.05, 0.1) is 12.2 Å². The Hall–Kier alpha value is -3.61. The summed E-state index contributed by atoms with van der Waals surface area (Å²) in [4.78, 5) is 17.9. The Kier molecular flexibility index (Phi) is 6.25. The van der Waals surface area contributed by atoms with E-state index in [0.29, 0.717) is 18.1 Å². The molecule has 0 saturated heterocycles. The van der Waals surface area contributed by atoms with Gasteiger partial charge in [0.15, 0.2) is 0 Å². The van der Waals surface area contributed by atoms with Crippen LogP contribution in [0.15, 0.2) is 60.1 Å². The first-order chi connectivity index (χ1) is 15.5. The number of carbonyl (C=O) groups is 1. The molecule has 1 amide bonds. The smallest absolute Gasteiger partial charge is 0.255 e. The summed E-state index contributed by atoms with van der Waals surface area (Å²) in [6.07, 6.45) is 3.56. The average molecular weight is 432 g/mol. The van der Waals surface area contributed by atoms with Crippen molar-refractivity contribution in [2.45, 2.75) is 46.6 Å². The van der Waals surface area contributed by atoms with Crippen LogP contribution in [-0.2, 0) is 4.79 Å². The maximum atomic E-state index is 13.6. The summed E-state index contributed by atoms with van der Waals surface area (Å²) in [5.41, 5.74) is 5.23. The van der Waals surface area contributed by atoms with Gasteiger partial charge in [-0.1, -0.05) is 37.6 Å². The average Bonchev–Trinajstić information content (AvgIpc) is 3.24. The lowest BCUT2D eigenvalue weighted by Gasteiger charge is -2.29. The van der Waals surface area contributed by atoms with E-state index in [-0.39, 0.29) is 5.91 Å². The van der Waals surface area contributed by atoms with Gasteiger partial charge in [-0.2, -0.15) is 10.1 Å². The van der Waals surface area contributed by atoms with Gasteiger partial charge in [0, 0.05) is 11.4 Å². The first-order valence-corrected chi connectivity index (χ1v) is 11.0. The third-order valence-electron chi connectivity index (χ3n) is 5.83. The normalized spacial score (nSPS) is 15.2. The molecule has 1 unspecified atom stereocenters. The lowest BCUT2D eigenvalue weighted by atomic mass is 9.94. The number of aromatic nitrogens is 3.